The van der Waals surface area contributed by atoms with Gasteiger partial charge in [0.25, 0.3) is 5.91 Å². The lowest BCUT2D eigenvalue weighted by molar-refractivity contribution is -0.147. The molecule has 0 fully saturated rings. The maximum absolute atomic E-state index is 11.9. The molecule has 0 heterocycles. The zero-order valence-electron chi connectivity index (χ0n) is 11.3. The van der Waals surface area contributed by atoms with Crippen molar-refractivity contribution in [2.75, 3.05) is 6.54 Å². The first-order valence-corrected chi connectivity index (χ1v) is 6.45. The fourth-order valence-corrected chi connectivity index (χ4v) is 1.55. The second kappa shape index (κ2) is 8.16. The first-order chi connectivity index (χ1) is 9.54. The highest BCUT2D eigenvalue weighted by Gasteiger charge is 2.19. The molecule has 1 aromatic carbocycles. The predicted octanol–water partition coefficient (Wildman–Crippen LogP) is 0.796. The number of rotatable bonds is 8. The lowest BCUT2D eigenvalue weighted by atomic mass is 10.2. The molecule has 0 saturated carbocycles. The van der Waals surface area contributed by atoms with Crippen LogP contribution in [-0.4, -0.2) is 40.8 Å². The number of ether oxygens (including phenoxy) is 1. The molecular formula is C14H19NO5. The average Bonchev–Trinajstić information content (AvgIpc) is 2.45. The van der Waals surface area contributed by atoms with Gasteiger partial charge in [0, 0.05) is 13.0 Å². The minimum Gasteiger partial charge on any atom is -0.481 e. The Labute approximate surface area is 117 Å². The molecule has 1 unspecified atom stereocenters. The molecule has 0 saturated heterocycles. The van der Waals surface area contributed by atoms with Gasteiger partial charge in [-0.15, -0.1) is 0 Å². The molecule has 0 radical (unpaired) electrons. The number of aliphatic carboxylic acids is 1. The van der Waals surface area contributed by atoms with Gasteiger partial charge in [0.1, 0.15) is 5.75 Å². The Bertz CT molecular complexity index is 434. The molecule has 0 bridgehead atoms. The van der Waals surface area contributed by atoms with Crippen LogP contribution in [0.25, 0.3) is 0 Å². The molecule has 3 N–H and O–H groups in total. The first-order valence-electron chi connectivity index (χ1n) is 6.45. The Morgan fingerprint density at radius 3 is 2.50 bits per heavy atom. The number of hydrogen-bond acceptors (Lipinski definition) is 4. The van der Waals surface area contributed by atoms with Crippen LogP contribution in [0, 0.1) is 0 Å². The van der Waals surface area contributed by atoms with Crippen molar-refractivity contribution in [2.45, 2.75) is 32.0 Å². The van der Waals surface area contributed by atoms with Crippen LogP contribution in [0.15, 0.2) is 30.3 Å². The van der Waals surface area contributed by atoms with Crippen LogP contribution in [0.2, 0.25) is 0 Å². The molecule has 2 atom stereocenters. The van der Waals surface area contributed by atoms with Crippen LogP contribution in [-0.2, 0) is 9.59 Å². The van der Waals surface area contributed by atoms with Crippen LogP contribution in [0.5, 0.6) is 5.75 Å². The van der Waals surface area contributed by atoms with Crippen molar-refractivity contribution in [1.29, 1.82) is 0 Å². The van der Waals surface area contributed by atoms with Crippen LogP contribution >= 0.6 is 0 Å². The molecule has 0 aliphatic carbocycles. The summed E-state index contributed by atoms with van der Waals surface area (Å²) in [5.41, 5.74) is 0. The van der Waals surface area contributed by atoms with Crippen molar-refractivity contribution in [3.63, 3.8) is 0 Å². The van der Waals surface area contributed by atoms with Gasteiger partial charge in [-0.05, 0) is 18.6 Å². The minimum absolute atomic E-state index is 0.0388. The molecule has 1 amide bonds. The van der Waals surface area contributed by atoms with Crippen molar-refractivity contribution >= 4 is 11.9 Å². The maximum Gasteiger partial charge on any atom is 0.332 e. The quantitative estimate of drug-likeness (QED) is 0.655. The second-order valence-electron chi connectivity index (χ2n) is 4.26. The van der Waals surface area contributed by atoms with E-state index in [0.29, 0.717) is 12.2 Å². The third kappa shape index (κ3) is 5.27. The molecular weight excluding hydrogens is 262 g/mol. The summed E-state index contributed by atoms with van der Waals surface area (Å²) in [4.78, 5) is 22.3. The number of carboxylic acids is 1. The smallest absolute Gasteiger partial charge is 0.332 e. The van der Waals surface area contributed by atoms with Gasteiger partial charge < -0.3 is 20.3 Å². The van der Waals surface area contributed by atoms with E-state index in [1.807, 2.05) is 25.1 Å². The largest absolute Gasteiger partial charge is 0.481 e. The van der Waals surface area contributed by atoms with E-state index in [9.17, 15) is 9.59 Å². The Morgan fingerprint density at radius 1 is 1.30 bits per heavy atom. The highest BCUT2D eigenvalue weighted by molar-refractivity contribution is 5.81. The molecule has 0 aromatic heterocycles. The second-order valence-corrected chi connectivity index (χ2v) is 4.26. The van der Waals surface area contributed by atoms with Crippen molar-refractivity contribution in [2.24, 2.45) is 0 Å². The van der Waals surface area contributed by atoms with E-state index in [1.54, 1.807) is 12.1 Å². The van der Waals surface area contributed by atoms with Crippen LogP contribution in [0.4, 0.5) is 0 Å². The van der Waals surface area contributed by atoms with E-state index in [4.69, 9.17) is 14.9 Å². The number of hydrogen-bond donors (Lipinski definition) is 3. The predicted molar refractivity (Wildman–Crippen MR) is 72.4 cm³/mol. The van der Waals surface area contributed by atoms with Gasteiger partial charge in [0.2, 0.25) is 0 Å². The Morgan fingerprint density at radius 2 is 1.95 bits per heavy atom. The van der Waals surface area contributed by atoms with E-state index >= 15 is 0 Å². The first kappa shape index (κ1) is 16.0. The van der Waals surface area contributed by atoms with Crippen LogP contribution < -0.4 is 10.1 Å². The summed E-state index contributed by atoms with van der Waals surface area (Å²) in [6.07, 6.45) is -1.66. The van der Waals surface area contributed by atoms with Crippen molar-refractivity contribution < 1.29 is 24.5 Å². The Kier molecular flexibility index (Phi) is 6.52. The zero-order valence-corrected chi connectivity index (χ0v) is 11.3. The molecule has 20 heavy (non-hydrogen) atoms. The van der Waals surface area contributed by atoms with Gasteiger partial charge in [-0.25, -0.2) is 4.79 Å². The van der Waals surface area contributed by atoms with Gasteiger partial charge in [-0.3, -0.25) is 4.79 Å². The van der Waals surface area contributed by atoms with Crippen molar-refractivity contribution in [1.82, 2.24) is 5.32 Å². The van der Waals surface area contributed by atoms with Crippen molar-refractivity contribution in [3.8, 4) is 5.75 Å². The number of carbonyl (C=O) groups is 2. The molecule has 110 valence electrons. The van der Waals surface area contributed by atoms with E-state index < -0.39 is 18.2 Å². The van der Waals surface area contributed by atoms with E-state index in [1.165, 1.54) is 0 Å². The topological polar surface area (TPSA) is 95.9 Å². The number of carboxylic acid groups (broad SMARTS) is 1. The average molecular weight is 281 g/mol. The summed E-state index contributed by atoms with van der Waals surface area (Å²) < 4.78 is 5.54. The number of para-hydroxylation sites is 1. The normalized spacial score (nSPS) is 13.3. The van der Waals surface area contributed by atoms with Crippen LogP contribution in [0.3, 0.4) is 0 Å². The monoisotopic (exact) mass is 281 g/mol. The fraction of sp³-hybridized carbons (Fsp3) is 0.429. The molecule has 6 nitrogen and oxygen atoms in total. The lowest BCUT2D eigenvalue weighted by Gasteiger charge is -2.17. The summed E-state index contributed by atoms with van der Waals surface area (Å²) >= 11 is 0. The third-order valence-corrected chi connectivity index (χ3v) is 2.69. The van der Waals surface area contributed by atoms with Gasteiger partial charge in [-0.2, -0.15) is 0 Å². The number of aliphatic hydroxyl groups excluding tert-OH is 1. The summed E-state index contributed by atoms with van der Waals surface area (Å²) in [5, 5.41) is 20.2. The molecule has 0 aliphatic heterocycles. The lowest BCUT2D eigenvalue weighted by Crippen LogP contribution is -2.39. The number of amides is 1. The van der Waals surface area contributed by atoms with E-state index in [-0.39, 0.29) is 18.9 Å². The maximum atomic E-state index is 11.9. The van der Waals surface area contributed by atoms with Gasteiger partial charge in [0.05, 0.1) is 0 Å². The standard InChI is InChI=1S/C14H19NO5/c1-2-12(20-10-6-4-3-5-7-10)13(17)15-9-8-11(16)14(18)19/h3-7,11-12,16H,2,8-9H2,1H3,(H,15,17)(H,18,19)/t11-,12?/m0/s1. The molecule has 0 aliphatic rings. The van der Waals surface area contributed by atoms with Crippen LogP contribution in [0.1, 0.15) is 19.8 Å². The summed E-state index contributed by atoms with van der Waals surface area (Å²) in [5.74, 6) is -1.03. The highest BCUT2D eigenvalue weighted by atomic mass is 16.5. The van der Waals surface area contributed by atoms with E-state index in [2.05, 4.69) is 5.32 Å². The molecule has 1 rings (SSSR count). The van der Waals surface area contributed by atoms with Gasteiger partial charge in [0.15, 0.2) is 12.2 Å². The van der Waals surface area contributed by atoms with E-state index in [0.717, 1.165) is 0 Å². The summed E-state index contributed by atoms with van der Waals surface area (Å²) in [7, 11) is 0. The Balaban J connectivity index is 2.41. The molecule has 0 spiro atoms. The van der Waals surface area contributed by atoms with Gasteiger partial charge >= 0.3 is 5.97 Å². The summed E-state index contributed by atoms with van der Waals surface area (Å²) in [6.45, 7) is 1.90. The minimum atomic E-state index is -1.47. The SMILES string of the molecule is CCC(Oc1ccccc1)C(=O)NCC[C@H](O)C(=O)O. The summed E-state index contributed by atoms with van der Waals surface area (Å²) in [6, 6.07) is 8.97. The highest BCUT2D eigenvalue weighted by Crippen LogP contribution is 2.12. The van der Waals surface area contributed by atoms with Gasteiger partial charge in [-0.1, -0.05) is 25.1 Å². The molecule has 1 aromatic rings. The number of aliphatic hydroxyl groups is 1. The zero-order chi connectivity index (χ0) is 15.0. The molecule has 6 heteroatoms. The Hall–Kier alpha value is -2.08. The van der Waals surface area contributed by atoms with Crippen molar-refractivity contribution in [3.05, 3.63) is 30.3 Å². The number of benzene rings is 1. The number of nitrogens with one attached hydrogen (secondary N) is 1. The third-order valence-electron chi connectivity index (χ3n) is 2.69. The number of carbonyl (C=O) groups excluding carboxylic acids is 1. The fourth-order valence-electron chi connectivity index (χ4n) is 1.55.